The average Bonchev–Trinajstić information content (AvgIpc) is 3.20. The lowest BCUT2D eigenvalue weighted by Crippen LogP contribution is -2.49. The second-order valence-corrected chi connectivity index (χ2v) is 7.45. The van der Waals surface area contributed by atoms with E-state index < -0.39 is 0 Å². The summed E-state index contributed by atoms with van der Waals surface area (Å²) >= 11 is 0. The Bertz CT molecular complexity index is 987. The fourth-order valence-corrected chi connectivity index (χ4v) is 3.63. The first-order valence-electron chi connectivity index (χ1n) is 10.3. The number of ether oxygens (including phenoxy) is 1. The van der Waals surface area contributed by atoms with Crippen LogP contribution < -0.4 is 4.74 Å². The fourth-order valence-electron chi connectivity index (χ4n) is 3.63. The Kier molecular flexibility index (Phi) is 6.09. The standard InChI is InChI=1S/C23H26N4O3/c1-2-21(28)18-6-8-20(9-7-18)30-17-23(29)26-13-11-25(12-14-26)15-19-16-27-10-4-3-5-22(27)24-19/h3-10,16H,2,11-15,17H2,1H3. The number of pyridine rings is 1. The first-order valence-corrected chi connectivity index (χ1v) is 10.3. The maximum Gasteiger partial charge on any atom is 0.260 e. The van der Waals surface area contributed by atoms with Gasteiger partial charge in [-0.05, 0) is 36.4 Å². The number of carbonyl (C=O) groups excluding carboxylic acids is 2. The minimum Gasteiger partial charge on any atom is -0.484 e. The molecule has 7 heteroatoms. The van der Waals surface area contributed by atoms with Crippen LogP contribution in [0.15, 0.2) is 54.9 Å². The van der Waals surface area contributed by atoms with Crippen LogP contribution in [0.5, 0.6) is 5.75 Å². The molecule has 0 atom stereocenters. The smallest absolute Gasteiger partial charge is 0.260 e. The van der Waals surface area contributed by atoms with E-state index >= 15 is 0 Å². The number of rotatable bonds is 7. The van der Waals surface area contributed by atoms with Crippen LogP contribution in [0.3, 0.4) is 0 Å². The molecule has 1 aliphatic rings. The lowest BCUT2D eigenvalue weighted by atomic mass is 10.1. The zero-order valence-corrected chi connectivity index (χ0v) is 17.2. The van der Waals surface area contributed by atoms with Gasteiger partial charge in [-0.1, -0.05) is 13.0 Å². The predicted molar refractivity (Wildman–Crippen MR) is 114 cm³/mol. The summed E-state index contributed by atoms with van der Waals surface area (Å²) < 4.78 is 7.64. The molecule has 0 unspecified atom stereocenters. The molecule has 1 aliphatic heterocycles. The van der Waals surface area contributed by atoms with Crippen molar-refractivity contribution in [2.45, 2.75) is 19.9 Å². The Morgan fingerprint density at radius 2 is 1.80 bits per heavy atom. The van der Waals surface area contributed by atoms with Gasteiger partial charge in [0.25, 0.3) is 5.91 Å². The van der Waals surface area contributed by atoms with Crippen molar-refractivity contribution in [3.63, 3.8) is 0 Å². The second-order valence-electron chi connectivity index (χ2n) is 7.45. The summed E-state index contributed by atoms with van der Waals surface area (Å²) in [7, 11) is 0. The molecule has 0 spiro atoms. The largest absolute Gasteiger partial charge is 0.484 e. The van der Waals surface area contributed by atoms with E-state index in [-0.39, 0.29) is 18.3 Å². The van der Waals surface area contributed by atoms with E-state index in [2.05, 4.69) is 16.1 Å². The fraction of sp³-hybridized carbons (Fsp3) is 0.348. The van der Waals surface area contributed by atoms with E-state index in [1.54, 1.807) is 24.3 Å². The molecule has 4 rings (SSSR count). The topological polar surface area (TPSA) is 67.2 Å². The Morgan fingerprint density at radius 3 is 2.50 bits per heavy atom. The van der Waals surface area contributed by atoms with Crippen molar-refractivity contribution in [1.82, 2.24) is 19.2 Å². The minimum absolute atomic E-state index is 0.00745. The zero-order valence-electron chi connectivity index (χ0n) is 17.2. The number of hydrogen-bond acceptors (Lipinski definition) is 5. The zero-order chi connectivity index (χ0) is 20.9. The van der Waals surface area contributed by atoms with Gasteiger partial charge in [0.2, 0.25) is 0 Å². The highest BCUT2D eigenvalue weighted by atomic mass is 16.5. The Morgan fingerprint density at radius 1 is 1.03 bits per heavy atom. The summed E-state index contributed by atoms with van der Waals surface area (Å²) in [4.78, 5) is 33.0. The maximum absolute atomic E-state index is 12.5. The minimum atomic E-state index is -0.0175. The van der Waals surface area contributed by atoms with Crippen LogP contribution in [0.2, 0.25) is 0 Å². The molecule has 2 aromatic heterocycles. The number of aromatic nitrogens is 2. The van der Waals surface area contributed by atoms with E-state index in [1.807, 2.05) is 40.6 Å². The highest BCUT2D eigenvalue weighted by molar-refractivity contribution is 5.95. The Labute approximate surface area is 175 Å². The molecule has 0 radical (unpaired) electrons. The molecule has 0 aliphatic carbocycles. The third-order valence-electron chi connectivity index (χ3n) is 5.38. The molecule has 0 bridgehead atoms. The number of piperazine rings is 1. The second kappa shape index (κ2) is 9.09. The third-order valence-corrected chi connectivity index (χ3v) is 5.38. The maximum atomic E-state index is 12.5. The molecule has 0 N–H and O–H groups in total. The van der Waals surface area contributed by atoms with Crippen LogP contribution in [-0.4, -0.2) is 63.7 Å². The number of Topliss-reactive ketones (excluding diaryl/α,β-unsaturated/α-hetero) is 1. The van der Waals surface area contributed by atoms with E-state index in [0.29, 0.717) is 30.8 Å². The third kappa shape index (κ3) is 4.68. The SMILES string of the molecule is CCC(=O)c1ccc(OCC(=O)N2CCN(Cc3cn4ccccc4n3)CC2)cc1. The molecule has 3 aromatic rings. The molecule has 156 valence electrons. The molecule has 1 amide bonds. The van der Waals surface area contributed by atoms with Gasteiger partial charge in [0.1, 0.15) is 11.4 Å². The van der Waals surface area contributed by atoms with Gasteiger partial charge in [0.15, 0.2) is 12.4 Å². The quantitative estimate of drug-likeness (QED) is 0.565. The number of imidazole rings is 1. The van der Waals surface area contributed by atoms with E-state index in [4.69, 9.17) is 4.74 Å². The van der Waals surface area contributed by atoms with Crippen molar-refractivity contribution in [3.8, 4) is 5.75 Å². The molecule has 3 heterocycles. The lowest BCUT2D eigenvalue weighted by molar-refractivity contribution is -0.135. The Balaban J connectivity index is 1.23. The summed E-state index contributed by atoms with van der Waals surface area (Å²) in [6, 6.07) is 12.9. The summed E-state index contributed by atoms with van der Waals surface area (Å²) in [6.07, 6.45) is 4.53. The van der Waals surface area contributed by atoms with Gasteiger partial charge in [-0.3, -0.25) is 14.5 Å². The van der Waals surface area contributed by atoms with Gasteiger partial charge in [0.05, 0.1) is 5.69 Å². The first-order chi connectivity index (χ1) is 14.6. The molecule has 1 saturated heterocycles. The van der Waals surface area contributed by atoms with Gasteiger partial charge in [-0.25, -0.2) is 4.98 Å². The van der Waals surface area contributed by atoms with Crippen molar-refractivity contribution < 1.29 is 14.3 Å². The first kappa shape index (κ1) is 20.1. The van der Waals surface area contributed by atoms with Crippen LogP contribution in [-0.2, 0) is 11.3 Å². The van der Waals surface area contributed by atoms with Crippen LogP contribution in [0.25, 0.3) is 5.65 Å². The van der Waals surface area contributed by atoms with Crippen molar-refractivity contribution in [2.75, 3.05) is 32.8 Å². The Hall–Kier alpha value is -3.19. The van der Waals surface area contributed by atoms with E-state index in [1.165, 1.54) is 0 Å². The van der Waals surface area contributed by atoms with E-state index in [0.717, 1.165) is 31.0 Å². The number of hydrogen-bond donors (Lipinski definition) is 0. The van der Waals surface area contributed by atoms with Crippen molar-refractivity contribution in [3.05, 3.63) is 66.1 Å². The van der Waals surface area contributed by atoms with Crippen LogP contribution in [0.1, 0.15) is 29.4 Å². The van der Waals surface area contributed by atoms with Crippen LogP contribution in [0.4, 0.5) is 0 Å². The van der Waals surface area contributed by atoms with Gasteiger partial charge < -0.3 is 14.0 Å². The predicted octanol–water partition coefficient (Wildman–Crippen LogP) is 2.65. The van der Waals surface area contributed by atoms with Crippen molar-refractivity contribution in [2.24, 2.45) is 0 Å². The summed E-state index contributed by atoms with van der Waals surface area (Å²) in [6.45, 7) is 5.61. The lowest BCUT2D eigenvalue weighted by Gasteiger charge is -2.34. The molecule has 7 nitrogen and oxygen atoms in total. The van der Waals surface area contributed by atoms with Crippen molar-refractivity contribution in [1.29, 1.82) is 0 Å². The van der Waals surface area contributed by atoms with Crippen molar-refractivity contribution >= 4 is 17.3 Å². The normalized spacial score (nSPS) is 14.8. The van der Waals surface area contributed by atoms with E-state index in [9.17, 15) is 9.59 Å². The summed E-state index contributed by atoms with van der Waals surface area (Å²) in [5.74, 6) is 0.678. The molecule has 1 fully saturated rings. The average molecular weight is 406 g/mol. The molecule has 30 heavy (non-hydrogen) atoms. The highest BCUT2D eigenvalue weighted by Gasteiger charge is 2.22. The summed E-state index contributed by atoms with van der Waals surface area (Å²) in [5, 5.41) is 0. The van der Waals surface area contributed by atoms with Crippen LogP contribution >= 0.6 is 0 Å². The van der Waals surface area contributed by atoms with Crippen LogP contribution in [0, 0.1) is 0 Å². The number of carbonyl (C=O) groups is 2. The van der Waals surface area contributed by atoms with Gasteiger partial charge in [-0.2, -0.15) is 0 Å². The number of amides is 1. The molecule has 0 saturated carbocycles. The molecule has 1 aromatic carbocycles. The number of benzene rings is 1. The monoisotopic (exact) mass is 406 g/mol. The summed E-state index contributed by atoms with van der Waals surface area (Å²) in [5.41, 5.74) is 2.65. The number of ketones is 1. The molecular weight excluding hydrogens is 380 g/mol. The number of nitrogens with zero attached hydrogens (tertiary/aromatic N) is 4. The highest BCUT2D eigenvalue weighted by Crippen LogP contribution is 2.14. The number of fused-ring (bicyclic) bond motifs is 1. The van der Waals surface area contributed by atoms with Gasteiger partial charge in [0, 0.05) is 57.1 Å². The van der Waals surface area contributed by atoms with Gasteiger partial charge >= 0.3 is 0 Å². The van der Waals surface area contributed by atoms with Gasteiger partial charge in [-0.15, -0.1) is 0 Å². The molecular formula is C23H26N4O3.